The molecule has 0 spiro atoms. The molecule has 0 unspecified atom stereocenters. The molecule has 1 fully saturated rings. The molecular formula is C33H42ClN2O4S-. The third-order valence-corrected chi connectivity index (χ3v) is 10.4. The van der Waals surface area contributed by atoms with E-state index in [1.165, 1.54) is 5.56 Å². The van der Waals surface area contributed by atoms with Gasteiger partial charge >= 0.3 is 0 Å². The summed E-state index contributed by atoms with van der Waals surface area (Å²) in [6.07, 6.45) is 10.5. The summed E-state index contributed by atoms with van der Waals surface area (Å²) in [6.45, 7) is 6.65. The van der Waals surface area contributed by atoms with Crippen LogP contribution in [-0.4, -0.2) is 44.6 Å². The number of methoxy groups -OCH3 is 1. The minimum Gasteiger partial charge on any atom is -0.491 e. The summed E-state index contributed by atoms with van der Waals surface area (Å²) in [5.74, 6) is 1.78. The number of benzene rings is 2. The van der Waals surface area contributed by atoms with Gasteiger partial charge in [0, 0.05) is 36.2 Å². The van der Waals surface area contributed by atoms with Crippen molar-refractivity contribution >= 4 is 33.8 Å². The second-order valence-corrected chi connectivity index (χ2v) is 14.1. The molecule has 2 bridgehead atoms. The van der Waals surface area contributed by atoms with Crippen molar-refractivity contribution in [3.05, 3.63) is 70.8 Å². The Hall–Kier alpha value is -2.35. The van der Waals surface area contributed by atoms with Crippen molar-refractivity contribution in [1.29, 1.82) is 0 Å². The Morgan fingerprint density at radius 1 is 1.22 bits per heavy atom. The van der Waals surface area contributed by atoms with E-state index in [4.69, 9.17) is 21.1 Å². The highest BCUT2D eigenvalue weighted by Gasteiger charge is 2.40. The second-order valence-electron chi connectivity index (χ2n) is 12.5. The summed E-state index contributed by atoms with van der Waals surface area (Å²) in [5, 5.41) is 0.772. The molecule has 0 aromatic heterocycles. The first-order chi connectivity index (χ1) is 19.7. The molecule has 0 saturated heterocycles. The van der Waals surface area contributed by atoms with Gasteiger partial charge in [0.1, 0.15) is 5.75 Å². The van der Waals surface area contributed by atoms with E-state index in [2.05, 4.69) is 34.4 Å². The number of halogens is 1. The topological polar surface area (TPSA) is 68.2 Å². The fourth-order valence-electron chi connectivity index (χ4n) is 6.46. The first-order valence-corrected chi connectivity index (χ1v) is 16.5. The number of amides is 1. The molecule has 2 aromatic carbocycles. The van der Waals surface area contributed by atoms with Gasteiger partial charge in [0.15, 0.2) is 0 Å². The Morgan fingerprint density at radius 2 is 2.07 bits per heavy atom. The molecule has 3 aliphatic rings. The lowest BCUT2D eigenvalue weighted by Gasteiger charge is -2.44. The largest absolute Gasteiger partial charge is 0.491 e. The summed E-state index contributed by atoms with van der Waals surface area (Å²) < 4.78 is 29.2. The predicted octanol–water partition coefficient (Wildman–Crippen LogP) is 7.49. The van der Waals surface area contributed by atoms with Crippen molar-refractivity contribution in [2.75, 3.05) is 37.5 Å². The van der Waals surface area contributed by atoms with Crippen LogP contribution in [0.15, 0.2) is 59.0 Å². The summed E-state index contributed by atoms with van der Waals surface area (Å²) in [7, 11) is 0.219. The third-order valence-electron chi connectivity index (χ3n) is 8.93. The van der Waals surface area contributed by atoms with Crippen LogP contribution >= 0.6 is 11.6 Å². The lowest BCUT2D eigenvalue weighted by molar-refractivity contribution is 0.0128. The van der Waals surface area contributed by atoms with E-state index in [-0.39, 0.29) is 17.4 Å². The Kier molecular flexibility index (Phi) is 9.77. The molecule has 6 nitrogen and oxygen atoms in total. The van der Waals surface area contributed by atoms with Crippen molar-refractivity contribution in [3.8, 4) is 5.75 Å². The van der Waals surface area contributed by atoms with Gasteiger partial charge < -0.3 is 22.9 Å². The van der Waals surface area contributed by atoms with Gasteiger partial charge in [0.05, 0.1) is 18.4 Å². The van der Waals surface area contributed by atoms with E-state index in [0.717, 1.165) is 68.1 Å². The molecule has 8 heteroatoms. The monoisotopic (exact) mass is 597 g/mol. The van der Waals surface area contributed by atoms with Crippen LogP contribution in [0.5, 0.6) is 5.75 Å². The smallest absolute Gasteiger partial charge is 0.254 e. The first kappa shape index (κ1) is 30.1. The molecule has 0 N–H and O–H groups in total. The number of carbonyl (C=O) groups is 1. The van der Waals surface area contributed by atoms with Crippen LogP contribution in [0.2, 0.25) is 5.02 Å². The molecule has 1 aliphatic carbocycles. The summed E-state index contributed by atoms with van der Waals surface area (Å²) in [4.78, 5) is 15.5. The standard InChI is InChI=1S/C33H42ClN2O4S/c1-23-7-4-11-30(39-3)28-14-12-26(28)19-36-21-33(2,16-6-9-24-8-5-10-27(34)17-24)22-40-31-15-13-25(18-29(31)36)32(37)35-41(38)20-23/h4-5,8,10-11,13,15,17-18,23,26,28,30H,6-7,9,12,14,16,19-22H2,1-3H3/q-1/b11-4+/t23-,26-,28+,30-,33+/m0/s1. The van der Waals surface area contributed by atoms with E-state index in [9.17, 15) is 9.00 Å². The molecule has 222 valence electrons. The number of allylic oxidation sites excluding steroid dienone is 1. The van der Waals surface area contributed by atoms with E-state index >= 15 is 0 Å². The van der Waals surface area contributed by atoms with Crippen molar-refractivity contribution in [3.63, 3.8) is 0 Å². The molecule has 5 atom stereocenters. The highest BCUT2D eigenvalue weighted by molar-refractivity contribution is 7.75. The molecule has 2 heterocycles. The normalized spacial score (nSPS) is 29.9. The van der Waals surface area contributed by atoms with Crippen LogP contribution < -0.4 is 9.64 Å². The van der Waals surface area contributed by atoms with Crippen molar-refractivity contribution in [2.45, 2.75) is 58.5 Å². The van der Waals surface area contributed by atoms with E-state index in [0.29, 0.717) is 29.8 Å². The number of carbonyl (C=O) groups excluding carboxylic acids is 1. The summed E-state index contributed by atoms with van der Waals surface area (Å²) in [6, 6.07) is 13.6. The molecule has 1 saturated carbocycles. The third kappa shape index (κ3) is 7.54. The second kappa shape index (κ2) is 13.3. The Morgan fingerprint density at radius 3 is 2.83 bits per heavy atom. The van der Waals surface area contributed by atoms with Gasteiger partial charge in [-0.15, -0.1) is 0 Å². The number of hydrogen-bond acceptors (Lipinski definition) is 6. The van der Waals surface area contributed by atoms with E-state index < -0.39 is 16.5 Å². The van der Waals surface area contributed by atoms with Crippen LogP contribution in [0.3, 0.4) is 0 Å². The van der Waals surface area contributed by atoms with E-state index in [1.807, 2.05) is 37.3 Å². The average molecular weight is 598 g/mol. The minimum atomic E-state index is -1.58. The quantitative estimate of drug-likeness (QED) is 0.264. The van der Waals surface area contributed by atoms with Crippen LogP contribution in [0.25, 0.3) is 0 Å². The zero-order valence-electron chi connectivity index (χ0n) is 24.4. The maximum atomic E-state index is 13.1. The van der Waals surface area contributed by atoms with Gasteiger partial charge in [0.25, 0.3) is 5.91 Å². The van der Waals surface area contributed by atoms with Gasteiger partial charge in [0.2, 0.25) is 0 Å². The van der Waals surface area contributed by atoms with Crippen molar-refractivity contribution in [2.24, 2.45) is 27.5 Å². The highest BCUT2D eigenvalue weighted by Crippen LogP contribution is 2.44. The molecule has 0 radical (unpaired) electrons. The van der Waals surface area contributed by atoms with Crippen LogP contribution in [-0.2, 0) is 26.0 Å². The van der Waals surface area contributed by atoms with Crippen molar-refractivity contribution < 1.29 is 18.5 Å². The van der Waals surface area contributed by atoms with Crippen LogP contribution in [0, 0.1) is 23.2 Å². The number of aryl methyl sites for hydroxylation is 1. The fraction of sp³-hybridized carbons (Fsp3) is 0.545. The van der Waals surface area contributed by atoms with Gasteiger partial charge in [-0.05, 0) is 86.3 Å². The number of rotatable bonds is 5. The lowest BCUT2D eigenvalue weighted by atomic mass is 9.70. The zero-order valence-corrected chi connectivity index (χ0v) is 26.0. The molecule has 5 rings (SSSR count). The number of ether oxygens (including phenoxy) is 2. The van der Waals surface area contributed by atoms with Gasteiger partial charge in [-0.2, -0.15) is 10.6 Å². The number of fused-ring (bicyclic) bond motifs is 2. The maximum Gasteiger partial charge on any atom is 0.254 e. The van der Waals surface area contributed by atoms with Crippen LogP contribution in [0.1, 0.15) is 61.9 Å². The average Bonchev–Trinajstić information content (AvgIpc) is 3.06. The van der Waals surface area contributed by atoms with Crippen molar-refractivity contribution in [1.82, 2.24) is 0 Å². The molecular weight excluding hydrogens is 556 g/mol. The van der Waals surface area contributed by atoms with Gasteiger partial charge in [-0.1, -0.05) is 61.4 Å². The maximum absolute atomic E-state index is 13.1. The number of nitrogens with zero attached hydrogens (tertiary/aromatic N) is 2. The Balaban J connectivity index is 1.43. The predicted molar refractivity (Wildman–Crippen MR) is 166 cm³/mol. The molecule has 1 amide bonds. The molecule has 41 heavy (non-hydrogen) atoms. The molecule has 2 aliphatic heterocycles. The number of anilines is 1. The fourth-order valence-corrected chi connectivity index (χ4v) is 7.66. The number of hydrogen-bond donors (Lipinski definition) is 0. The van der Waals surface area contributed by atoms with Crippen LogP contribution in [0.4, 0.5) is 5.69 Å². The van der Waals surface area contributed by atoms with Gasteiger partial charge in [-0.25, -0.2) is 0 Å². The summed E-state index contributed by atoms with van der Waals surface area (Å²) in [5.41, 5.74) is 2.55. The first-order valence-electron chi connectivity index (χ1n) is 14.8. The van der Waals surface area contributed by atoms with Gasteiger partial charge in [-0.3, -0.25) is 4.79 Å². The minimum absolute atomic E-state index is 0.0590. The summed E-state index contributed by atoms with van der Waals surface area (Å²) >= 11 is 6.22. The zero-order chi connectivity index (χ0) is 29.0. The Bertz CT molecular complexity index is 1360. The Labute approximate surface area is 251 Å². The van der Waals surface area contributed by atoms with E-state index in [1.54, 1.807) is 13.2 Å². The highest BCUT2D eigenvalue weighted by atomic mass is 35.5. The molecule has 2 aromatic rings. The SMILES string of the molecule is CO[C@H]1/C=C/C[C@H](C)C[S-](=O)=NC(=O)c2ccc3c(c2)N(C[C@@H]2CC[C@H]21)C[C@@](C)(CCCc1cccc(Cl)c1)CO3. The lowest BCUT2D eigenvalue weighted by Crippen LogP contribution is -2.46.